The van der Waals surface area contributed by atoms with Crippen LogP contribution in [0.1, 0.15) is 74.4 Å². The Bertz CT molecular complexity index is 451. The zero-order chi connectivity index (χ0) is 15.7. The van der Waals surface area contributed by atoms with Crippen LogP contribution in [0.5, 0.6) is 0 Å². The van der Waals surface area contributed by atoms with E-state index in [1.807, 2.05) is 13.8 Å². The van der Waals surface area contributed by atoms with E-state index in [1.54, 1.807) is 12.3 Å². The molecule has 21 heavy (non-hydrogen) atoms. The third kappa shape index (κ3) is 6.47. The predicted molar refractivity (Wildman–Crippen MR) is 80.5 cm³/mol. The molecule has 0 aliphatic rings. The number of amides is 1. The number of rotatable bonds is 10. The summed E-state index contributed by atoms with van der Waals surface area (Å²) < 4.78 is 5.33. The Kier molecular flexibility index (Phi) is 7.58. The Morgan fingerprint density at radius 2 is 1.86 bits per heavy atom. The first kappa shape index (κ1) is 17.3. The van der Waals surface area contributed by atoms with E-state index in [9.17, 15) is 9.59 Å². The van der Waals surface area contributed by atoms with Crippen LogP contribution in [0.2, 0.25) is 0 Å². The van der Waals surface area contributed by atoms with Crippen molar-refractivity contribution in [2.75, 3.05) is 6.54 Å². The molecule has 0 unspecified atom stereocenters. The number of carboxylic acid groups (broad SMARTS) is 1. The number of unbranched alkanes of at least 4 members (excludes halogenated alkanes) is 4. The molecule has 1 heterocycles. The lowest BCUT2D eigenvalue weighted by Gasteiger charge is -2.07. The minimum atomic E-state index is -0.733. The number of hydrogen-bond donors (Lipinski definition) is 2. The molecule has 118 valence electrons. The lowest BCUT2D eigenvalue weighted by molar-refractivity contribution is -0.137. The molecule has 0 saturated carbocycles. The summed E-state index contributed by atoms with van der Waals surface area (Å²) in [6.07, 6.45) is 6.37. The van der Waals surface area contributed by atoms with Crippen LogP contribution in [0.25, 0.3) is 0 Å². The molecule has 0 fully saturated rings. The Morgan fingerprint density at radius 1 is 1.19 bits per heavy atom. The maximum absolute atomic E-state index is 12.0. The molecule has 1 rings (SSSR count). The third-order valence-corrected chi connectivity index (χ3v) is 3.32. The van der Waals surface area contributed by atoms with Crippen LogP contribution in [-0.4, -0.2) is 23.5 Å². The molecule has 2 N–H and O–H groups in total. The first-order chi connectivity index (χ1) is 10.0. The van der Waals surface area contributed by atoms with Crippen molar-refractivity contribution in [1.82, 2.24) is 5.32 Å². The molecule has 0 atom stereocenters. The van der Waals surface area contributed by atoms with Crippen LogP contribution >= 0.6 is 0 Å². The summed E-state index contributed by atoms with van der Waals surface area (Å²) in [5, 5.41) is 11.4. The van der Waals surface area contributed by atoms with E-state index in [2.05, 4.69) is 5.32 Å². The fourth-order valence-corrected chi connectivity index (χ4v) is 2.18. The zero-order valence-electron chi connectivity index (χ0n) is 12.9. The maximum Gasteiger partial charge on any atom is 0.303 e. The molecule has 0 bridgehead atoms. The number of aliphatic carboxylic acids is 1. The number of carbonyl (C=O) groups excluding carboxylic acids is 1. The van der Waals surface area contributed by atoms with Crippen molar-refractivity contribution in [3.63, 3.8) is 0 Å². The Morgan fingerprint density at radius 3 is 2.52 bits per heavy atom. The second kappa shape index (κ2) is 9.21. The van der Waals surface area contributed by atoms with Gasteiger partial charge in [-0.3, -0.25) is 9.59 Å². The summed E-state index contributed by atoms with van der Waals surface area (Å²) in [5.41, 5.74) is 0.617. The van der Waals surface area contributed by atoms with E-state index in [0.717, 1.165) is 37.9 Å². The zero-order valence-corrected chi connectivity index (χ0v) is 12.9. The molecular formula is C16H25NO4. The second-order valence-corrected chi connectivity index (χ2v) is 5.52. The van der Waals surface area contributed by atoms with E-state index in [4.69, 9.17) is 9.52 Å². The highest BCUT2D eigenvalue weighted by atomic mass is 16.4. The molecule has 1 aromatic rings. The van der Waals surface area contributed by atoms with Crippen molar-refractivity contribution in [3.05, 3.63) is 23.7 Å². The molecule has 5 heteroatoms. The molecule has 5 nitrogen and oxygen atoms in total. The van der Waals surface area contributed by atoms with Gasteiger partial charge in [0.05, 0.1) is 11.8 Å². The minimum Gasteiger partial charge on any atom is -0.481 e. The average Bonchev–Trinajstić information content (AvgIpc) is 2.90. The fraction of sp³-hybridized carbons (Fsp3) is 0.625. The summed E-state index contributed by atoms with van der Waals surface area (Å²) in [7, 11) is 0. The number of nitrogens with one attached hydrogen (secondary N) is 1. The molecule has 0 aliphatic heterocycles. The van der Waals surface area contributed by atoms with Gasteiger partial charge in [0.25, 0.3) is 5.91 Å². The van der Waals surface area contributed by atoms with E-state index < -0.39 is 5.97 Å². The van der Waals surface area contributed by atoms with Gasteiger partial charge in [0, 0.05) is 18.9 Å². The predicted octanol–water partition coefficient (Wildman–Crippen LogP) is 3.56. The van der Waals surface area contributed by atoms with Crippen LogP contribution < -0.4 is 5.32 Å². The van der Waals surface area contributed by atoms with Gasteiger partial charge in [0.15, 0.2) is 0 Å². The molecule has 1 amide bonds. The molecule has 0 aliphatic carbocycles. The smallest absolute Gasteiger partial charge is 0.303 e. The van der Waals surface area contributed by atoms with Gasteiger partial charge in [-0.2, -0.15) is 0 Å². The van der Waals surface area contributed by atoms with Crippen molar-refractivity contribution >= 4 is 11.9 Å². The SMILES string of the molecule is CC(C)c1occc1C(=O)NCCCCCCCC(=O)O. The van der Waals surface area contributed by atoms with Crippen molar-refractivity contribution in [2.45, 2.75) is 58.3 Å². The van der Waals surface area contributed by atoms with Gasteiger partial charge in [-0.25, -0.2) is 0 Å². The molecule has 0 aromatic carbocycles. The Balaban J connectivity index is 2.14. The van der Waals surface area contributed by atoms with E-state index in [1.165, 1.54) is 0 Å². The third-order valence-electron chi connectivity index (χ3n) is 3.32. The Hall–Kier alpha value is -1.78. The minimum absolute atomic E-state index is 0.0849. The van der Waals surface area contributed by atoms with Crippen LogP contribution in [0.3, 0.4) is 0 Å². The molecular weight excluding hydrogens is 270 g/mol. The first-order valence-corrected chi connectivity index (χ1v) is 7.59. The summed E-state index contributed by atoms with van der Waals surface area (Å²) in [6.45, 7) is 4.62. The van der Waals surface area contributed by atoms with Gasteiger partial charge in [0.2, 0.25) is 0 Å². The monoisotopic (exact) mass is 295 g/mol. The molecule has 1 aromatic heterocycles. The van der Waals surface area contributed by atoms with Gasteiger partial charge in [-0.15, -0.1) is 0 Å². The van der Waals surface area contributed by atoms with E-state index in [-0.39, 0.29) is 18.2 Å². The highest BCUT2D eigenvalue weighted by Crippen LogP contribution is 2.20. The van der Waals surface area contributed by atoms with E-state index >= 15 is 0 Å². The summed E-state index contributed by atoms with van der Waals surface area (Å²) in [5.74, 6) is 0.0952. The van der Waals surface area contributed by atoms with Crippen molar-refractivity contribution in [2.24, 2.45) is 0 Å². The van der Waals surface area contributed by atoms with Gasteiger partial charge >= 0.3 is 5.97 Å². The normalized spacial score (nSPS) is 10.8. The number of hydrogen-bond acceptors (Lipinski definition) is 3. The van der Waals surface area contributed by atoms with E-state index in [0.29, 0.717) is 12.1 Å². The number of carboxylic acids is 1. The quantitative estimate of drug-likeness (QED) is 0.647. The largest absolute Gasteiger partial charge is 0.481 e. The summed E-state index contributed by atoms with van der Waals surface area (Å²) in [6, 6.07) is 1.70. The number of carbonyl (C=O) groups is 2. The van der Waals surface area contributed by atoms with Crippen LogP contribution in [0.15, 0.2) is 16.7 Å². The topological polar surface area (TPSA) is 79.5 Å². The standard InChI is InChI=1S/C16H25NO4/c1-12(2)15-13(9-11-21-15)16(20)17-10-7-5-3-4-6-8-14(18)19/h9,11-12H,3-8,10H2,1-2H3,(H,17,20)(H,18,19). The second-order valence-electron chi connectivity index (χ2n) is 5.52. The number of furan rings is 1. The van der Waals surface area contributed by atoms with Gasteiger partial charge in [-0.1, -0.05) is 33.1 Å². The van der Waals surface area contributed by atoms with Gasteiger partial charge in [-0.05, 0) is 18.9 Å². The highest BCUT2D eigenvalue weighted by molar-refractivity contribution is 5.95. The van der Waals surface area contributed by atoms with Gasteiger partial charge in [0.1, 0.15) is 5.76 Å². The molecule has 0 radical (unpaired) electrons. The average molecular weight is 295 g/mol. The summed E-state index contributed by atoms with van der Waals surface area (Å²) in [4.78, 5) is 22.3. The van der Waals surface area contributed by atoms with Crippen LogP contribution in [0, 0.1) is 0 Å². The van der Waals surface area contributed by atoms with Crippen molar-refractivity contribution in [3.8, 4) is 0 Å². The van der Waals surface area contributed by atoms with Crippen molar-refractivity contribution in [1.29, 1.82) is 0 Å². The Labute approximate surface area is 125 Å². The lowest BCUT2D eigenvalue weighted by Crippen LogP contribution is -2.25. The van der Waals surface area contributed by atoms with Crippen LogP contribution in [0.4, 0.5) is 0 Å². The van der Waals surface area contributed by atoms with Gasteiger partial charge < -0.3 is 14.8 Å². The van der Waals surface area contributed by atoms with Crippen LogP contribution in [-0.2, 0) is 4.79 Å². The molecule has 0 spiro atoms. The molecule has 0 saturated heterocycles. The van der Waals surface area contributed by atoms with Crippen molar-refractivity contribution < 1.29 is 19.1 Å². The lowest BCUT2D eigenvalue weighted by atomic mass is 10.1. The summed E-state index contributed by atoms with van der Waals surface area (Å²) >= 11 is 0. The maximum atomic E-state index is 12.0. The first-order valence-electron chi connectivity index (χ1n) is 7.59. The highest BCUT2D eigenvalue weighted by Gasteiger charge is 2.16. The fourth-order valence-electron chi connectivity index (χ4n) is 2.18.